The van der Waals surface area contributed by atoms with Gasteiger partial charge in [0.05, 0.1) is 33.7 Å². The molecule has 1 fully saturated rings. The summed E-state index contributed by atoms with van der Waals surface area (Å²) < 4.78 is 0. The van der Waals surface area contributed by atoms with E-state index in [-0.39, 0.29) is 12.1 Å². The van der Waals surface area contributed by atoms with E-state index in [4.69, 9.17) is 0 Å². The van der Waals surface area contributed by atoms with Gasteiger partial charge in [0.1, 0.15) is 6.33 Å². The molecule has 2 aromatic rings. The van der Waals surface area contributed by atoms with E-state index in [9.17, 15) is 25.0 Å². The van der Waals surface area contributed by atoms with Gasteiger partial charge < -0.3 is 5.32 Å². The van der Waals surface area contributed by atoms with Crippen LogP contribution in [0.15, 0.2) is 30.6 Å². The summed E-state index contributed by atoms with van der Waals surface area (Å²) in [5.74, 6) is -0.213. The summed E-state index contributed by atoms with van der Waals surface area (Å²) in [4.78, 5) is 40.6. The molecule has 1 aromatic carbocycles. The van der Waals surface area contributed by atoms with Gasteiger partial charge in [-0.15, -0.1) is 0 Å². The minimum atomic E-state index is -0.782. The van der Waals surface area contributed by atoms with Gasteiger partial charge in [0.15, 0.2) is 0 Å². The third-order valence-electron chi connectivity index (χ3n) is 3.76. The summed E-state index contributed by atoms with van der Waals surface area (Å²) in [6, 6.07) is 4.60. The van der Waals surface area contributed by atoms with Crippen molar-refractivity contribution in [2.75, 3.05) is 0 Å². The Hall–Kier alpha value is -3.43. The molecule has 1 heterocycles. The molecule has 1 aromatic heterocycles. The molecular weight excluding hydrogens is 330 g/mol. The fourth-order valence-corrected chi connectivity index (χ4v) is 2.32. The predicted molar refractivity (Wildman–Crippen MR) is 84.9 cm³/mol. The van der Waals surface area contributed by atoms with E-state index in [2.05, 4.69) is 15.3 Å². The lowest BCUT2D eigenvalue weighted by molar-refractivity contribution is -0.394. The van der Waals surface area contributed by atoms with Gasteiger partial charge in [-0.3, -0.25) is 25.0 Å². The van der Waals surface area contributed by atoms with E-state index in [0.717, 1.165) is 36.7 Å². The Labute approximate surface area is 141 Å². The number of carbonyl (C=O) groups excluding carboxylic acids is 1. The van der Waals surface area contributed by atoms with Crippen LogP contribution in [0.25, 0.3) is 0 Å². The second-order valence-electron chi connectivity index (χ2n) is 5.64. The average molecular weight is 343 g/mol. The Bertz CT molecular complexity index is 833. The first-order valence-corrected chi connectivity index (χ1v) is 7.47. The minimum absolute atomic E-state index is 0.0948. The standard InChI is InChI=1S/C15H13N5O5/c21-15(10-3-12(19(22)23)6-13(4-10)20(24)25)16-7-11-5-14(9-1-2-9)18-8-17-11/h3-6,8-9H,1-2,7H2,(H,16,21). The summed E-state index contributed by atoms with van der Waals surface area (Å²) in [6.07, 6.45) is 3.59. The number of nitro groups is 2. The molecule has 128 valence electrons. The van der Waals surface area contributed by atoms with Crippen LogP contribution in [0.3, 0.4) is 0 Å². The van der Waals surface area contributed by atoms with Crippen LogP contribution in [0, 0.1) is 20.2 Å². The smallest absolute Gasteiger partial charge is 0.277 e. The highest BCUT2D eigenvalue weighted by molar-refractivity contribution is 5.95. The molecule has 0 radical (unpaired) electrons. The average Bonchev–Trinajstić information content (AvgIpc) is 3.44. The van der Waals surface area contributed by atoms with Gasteiger partial charge in [0.2, 0.25) is 0 Å². The van der Waals surface area contributed by atoms with Crippen molar-refractivity contribution in [1.29, 1.82) is 0 Å². The lowest BCUT2D eigenvalue weighted by Crippen LogP contribution is -2.23. The van der Waals surface area contributed by atoms with Crippen molar-refractivity contribution in [3.63, 3.8) is 0 Å². The summed E-state index contributed by atoms with van der Waals surface area (Å²) >= 11 is 0. The van der Waals surface area contributed by atoms with Crippen LogP contribution < -0.4 is 5.32 Å². The van der Waals surface area contributed by atoms with Crippen molar-refractivity contribution in [2.24, 2.45) is 0 Å². The van der Waals surface area contributed by atoms with E-state index < -0.39 is 27.1 Å². The van der Waals surface area contributed by atoms with Gasteiger partial charge in [-0.05, 0) is 18.9 Å². The first-order chi connectivity index (χ1) is 11.9. The zero-order valence-corrected chi connectivity index (χ0v) is 12.9. The summed E-state index contributed by atoms with van der Waals surface area (Å²) in [7, 11) is 0. The maximum absolute atomic E-state index is 12.2. The van der Waals surface area contributed by atoms with Gasteiger partial charge in [-0.25, -0.2) is 9.97 Å². The predicted octanol–water partition coefficient (Wildman–Crippen LogP) is 2.10. The maximum atomic E-state index is 12.2. The molecular formula is C15H13N5O5. The molecule has 1 N–H and O–H groups in total. The fraction of sp³-hybridized carbons (Fsp3) is 0.267. The number of nitro benzene ring substituents is 2. The molecule has 0 spiro atoms. The number of hydrogen-bond donors (Lipinski definition) is 1. The van der Waals surface area contributed by atoms with Crippen molar-refractivity contribution in [3.05, 3.63) is 67.8 Å². The first kappa shape index (κ1) is 16.4. The number of nitrogens with one attached hydrogen (secondary N) is 1. The molecule has 1 aliphatic carbocycles. The molecule has 1 amide bonds. The zero-order chi connectivity index (χ0) is 18.0. The van der Waals surface area contributed by atoms with Crippen molar-refractivity contribution in [3.8, 4) is 0 Å². The van der Waals surface area contributed by atoms with Crippen LogP contribution in [0.4, 0.5) is 11.4 Å². The van der Waals surface area contributed by atoms with Crippen molar-refractivity contribution in [2.45, 2.75) is 25.3 Å². The van der Waals surface area contributed by atoms with E-state index in [1.807, 2.05) is 0 Å². The number of amides is 1. The minimum Gasteiger partial charge on any atom is -0.346 e. The molecule has 0 bridgehead atoms. The molecule has 10 nitrogen and oxygen atoms in total. The number of nitrogens with zero attached hydrogens (tertiary/aromatic N) is 4. The molecule has 10 heteroatoms. The zero-order valence-electron chi connectivity index (χ0n) is 12.9. The normalized spacial score (nSPS) is 13.3. The molecule has 1 aliphatic rings. The highest BCUT2D eigenvalue weighted by Crippen LogP contribution is 2.38. The maximum Gasteiger partial charge on any atom is 0.277 e. The fourth-order valence-electron chi connectivity index (χ4n) is 2.32. The molecule has 3 rings (SSSR count). The largest absolute Gasteiger partial charge is 0.346 e. The van der Waals surface area contributed by atoms with Crippen molar-refractivity contribution >= 4 is 17.3 Å². The molecule has 1 saturated carbocycles. The molecule has 0 unspecified atom stereocenters. The number of rotatable bonds is 6. The van der Waals surface area contributed by atoms with Crippen LogP contribution in [0.2, 0.25) is 0 Å². The van der Waals surface area contributed by atoms with Gasteiger partial charge >= 0.3 is 0 Å². The van der Waals surface area contributed by atoms with E-state index in [1.54, 1.807) is 6.07 Å². The topological polar surface area (TPSA) is 141 Å². The first-order valence-electron chi connectivity index (χ1n) is 7.47. The number of benzene rings is 1. The third-order valence-corrected chi connectivity index (χ3v) is 3.76. The Morgan fingerprint density at radius 3 is 2.28 bits per heavy atom. The Morgan fingerprint density at radius 1 is 1.08 bits per heavy atom. The molecule has 25 heavy (non-hydrogen) atoms. The van der Waals surface area contributed by atoms with Crippen molar-refractivity contribution in [1.82, 2.24) is 15.3 Å². The van der Waals surface area contributed by atoms with E-state index in [1.165, 1.54) is 6.33 Å². The Morgan fingerprint density at radius 2 is 1.72 bits per heavy atom. The number of carbonyl (C=O) groups is 1. The monoisotopic (exact) mass is 343 g/mol. The van der Waals surface area contributed by atoms with Crippen LogP contribution in [0.5, 0.6) is 0 Å². The molecule has 0 atom stereocenters. The number of hydrogen-bond acceptors (Lipinski definition) is 7. The summed E-state index contributed by atoms with van der Waals surface area (Å²) in [5, 5.41) is 24.3. The second kappa shape index (κ2) is 6.59. The van der Waals surface area contributed by atoms with Gasteiger partial charge in [0, 0.05) is 23.7 Å². The number of aromatic nitrogens is 2. The molecule has 0 saturated heterocycles. The SMILES string of the molecule is O=C(NCc1cc(C2CC2)ncn1)c1cc([N+](=O)[O-])cc([N+](=O)[O-])c1. The van der Waals surface area contributed by atoms with Gasteiger partial charge in [0.25, 0.3) is 17.3 Å². The lowest BCUT2D eigenvalue weighted by Gasteiger charge is -2.06. The quantitative estimate of drug-likeness (QED) is 0.625. The van der Waals surface area contributed by atoms with Crippen molar-refractivity contribution < 1.29 is 14.6 Å². The molecule has 0 aliphatic heterocycles. The highest BCUT2D eigenvalue weighted by Gasteiger charge is 2.25. The Kier molecular flexibility index (Phi) is 4.33. The van der Waals surface area contributed by atoms with E-state index >= 15 is 0 Å². The van der Waals surface area contributed by atoms with Crippen LogP contribution >= 0.6 is 0 Å². The highest BCUT2D eigenvalue weighted by atomic mass is 16.6. The summed E-state index contributed by atoms with van der Waals surface area (Å²) in [5.41, 5.74) is 0.336. The van der Waals surface area contributed by atoms with E-state index in [0.29, 0.717) is 11.6 Å². The number of non-ortho nitro benzene ring substituents is 2. The van der Waals surface area contributed by atoms with Gasteiger partial charge in [-0.2, -0.15) is 0 Å². The lowest BCUT2D eigenvalue weighted by atomic mass is 10.1. The Balaban J connectivity index is 1.75. The van der Waals surface area contributed by atoms with Crippen LogP contribution in [-0.4, -0.2) is 25.7 Å². The van der Waals surface area contributed by atoms with Crippen LogP contribution in [0.1, 0.15) is 40.5 Å². The third kappa shape index (κ3) is 3.91. The summed E-state index contributed by atoms with van der Waals surface area (Å²) in [6.45, 7) is 0.0948. The van der Waals surface area contributed by atoms with Crippen LogP contribution in [-0.2, 0) is 6.54 Å². The van der Waals surface area contributed by atoms with Gasteiger partial charge in [-0.1, -0.05) is 0 Å². The second-order valence-corrected chi connectivity index (χ2v) is 5.64.